The quantitative estimate of drug-likeness (QED) is 0.834. The molecule has 2 rings (SSSR count). The number of halogens is 3. The predicted molar refractivity (Wildman–Crippen MR) is 73.2 cm³/mol. The maximum atomic E-state index is 12.6. The van der Waals surface area contributed by atoms with E-state index in [-0.39, 0.29) is 17.0 Å². The van der Waals surface area contributed by atoms with Crippen molar-refractivity contribution in [2.75, 3.05) is 0 Å². The lowest BCUT2D eigenvalue weighted by atomic mass is 10.0. The number of hydrogen-bond acceptors (Lipinski definition) is 2. The van der Waals surface area contributed by atoms with E-state index in [1.807, 2.05) is 13.8 Å². The van der Waals surface area contributed by atoms with Gasteiger partial charge in [-0.05, 0) is 51.0 Å². The summed E-state index contributed by atoms with van der Waals surface area (Å²) in [4.78, 5) is -0.0869. The highest BCUT2D eigenvalue weighted by Crippen LogP contribution is 2.32. The highest BCUT2D eigenvalue weighted by Gasteiger charge is 2.36. The molecule has 1 saturated heterocycles. The number of nitrogens with zero attached hydrogens (tertiary/aromatic N) is 1. The summed E-state index contributed by atoms with van der Waals surface area (Å²) in [5.41, 5.74) is -0.846. The van der Waals surface area contributed by atoms with E-state index < -0.39 is 21.8 Å². The van der Waals surface area contributed by atoms with Crippen LogP contribution in [0.2, 0.25) is 0 Å². The van der Waals surface area contributed by atoms with Crippen LogP contribution in [0.5, 0.6) is 0 Å². The van der Waals surface area contributed by atoms with Gasteiger partial charge in [-0.1, -0.05) is 6.42 Å². The van der Waals surface area contributed by atoms with Crippen molar-refractivity contribution in [1.82, 2.24) is 4.31 Å². The van der Waals surface area contributed by atoms with Crippen LogP contribution in [0.15, 0.2) is 29.2 Å². The summed E-state index contributed by atoms with van der Waals surface area (Å²) in [6.07, 6.45) is -1.97. The zero-order chi connectivity index (χ0) is 15.8. The maximum absolute atomic E-state index is 12.6. The average Bonchev–Trinajstić information content (AvgIpc) is 2.37. The Balaban J connectivity index is 2.35. The molecule has 1 aliphatic rings. The standard InChI is InChI=1S/C14H18F3NO2S/c1-10-4-3-5-11(2)18(10)21(19,20)13-8-6-12(7-9-13)14(15,16)17/h6-11H,3-5H2,1-2H3. The van der Waals surface area contributed by atoms with Crippen LogP contribution in [0.25, 0.3) is 0 Å². The van der Waals surface area contributed by atoms with Crippen molar-refractivity contribution in [2.45, 2.75) is 56.3 Å². The first-order valence-corrected chi connectivity index (χ1v) is 8.29. The van der Waals surface area contributed by atoms with Crippen LogP contribution >= 0.6 is 0 Å². The molecular weight excluding hydrogens is 303 g/mol. The molecule has 0 aromatic heterocycles. The molecule has 0 amide bonds. The van der Waals surface area contributed by atoms with Gasteiger partial charge in [0, 0.05) is 12.1 Å². The molecule has 118 valence electrons. The van der Waals surface area contributed by atoms with Crippen molar-refractivity contribution < 1.29 is 21.6 Å². The van der Waals surface area contributed by atoms with Gasteiger partial charge < -0.3 is 0 Å². The van der Waals surface area contributed by atoms with Gasteiger partial charge in [0.05, 0.1) is 10.5 Å². The minimum Gasteiger partial charge on any atom is -0.207 e. The van der Waals surface area contributed by atoms with Gasteiger partial charge in [0.25, 0.3) is 0 Å². The van der Waals surface area contributed by atoms with Gasteiger partial charge in [0.2, 0.25) is 10.0 Å². The summed E-state index contributed by atoms with van der Waals surface area (Å²) in [6.45, 7) is 3.66. The molecule has 2 atom stereocenters. The van der Waals surface area contributed by atoms with Crippen LogP contribution in [-0.2, 0) is 16.2 Å². The van der Waals surface area contributed by atoms with E-state index in [4.69, 9.17) is 0 Å². The Bertz CT molecular complexity index is 586. The molecule has 0 N–H and O–H groups in total. The molecule has 1 aromatic rings. The van der Waals surface area contributed by atoms with Crippen molar-refractivity contribution in [3.05, 3.63) is 29.8 Å². The van der Waals surface area contributed by atoms with Crippen molar-refractivity contribution in [1.29, 1.82) is 0 Å². The molecule has 1 heterocycles. The van der Waals surface area contributed by atoms with Crippen LogP contribution < -0.4 is 0 Å². The highest BCUT2D eigenvalue weighted by molar-refractivity contribution is 7.89. The molecule has 1 fully saturated rings. The lowest BCUT2D eigenvalue weighted by Crippen LogP contribution is -2.47. The summed E-state index contributed by atoms with van der Waals surface area (Å²) in [7, 11) is -3.76. The Kier molecular flexibility index (Phi) is 4.35. The van der Waals surface area contributed by atoms with Gasteiger partial charge in [0.15, 0.2) is 0 Å². The van der Waals surface area contributed by atoms with Crippen molar-refractivity contribution >= 4 is 10.0 Å². The fourth-order valence-corrected chi connectivity index (χ4v) is 4.69. The summed E-state index contributed by atoms with van der Waals surface area (Å²) in [5, 5.41) is 0. The smallest absolute Gasteiger partial charge is 0.207 e. The van der Waals surface area contributed by atoms with Gasteiger partial charge in [-0.2, -0.15) is 17.5 Å². The predicted octanol–water partition coefficient (Wildman–Crippen LogP) is 3.66. The van der Waals surface area contributed by atoms with Crippen molar-refractivity contribution in [2.24, 2.45) is 0 Å². The number of rotatable bonds is 2. The number of benzene rings is 1. The Morgan fingerprint density at radius 2 is 1.52 bits per heavy atom. The zero-order valence-corrected chi connectivity index (χ0v) is 12.7. The Hall–Kier alpha value is -1.08. The van der Waals surface area contributed by atoms with Crippen LogP contribution in [0.1, 0.15) is 38.7 Å². The number of piperidine rings is 1. The molecule has 0 radical (unpaired) electrons. The molecule has 1 aliphatic heterocycles. The average molecular weight is 321 g/mol. The lowest BCUT2D eigenvalue weighted by Gasteiger charge is -2.37. The molecule has 0 saturated carbocycles. The van der Waals surface area contributed by atoms with Gasteiger partial charge >= 0.3 is 6.18 Å². The molecule has 0 bridgehead atoms. The van der Waals surface area contributed by atoms with E-state index >= 15 is 0 Å². The summed E-state index contributed by atoms with van der Waals surface area (Å²) in [6, 6.07) is 3.42. The normalized spacial score (nSPS) is 25.0. The van der Waals surface area contributed by atoms with E-state index in [0.29, 0.717) is 0 Å². The third kappa shape index (κ3) is 3.23. The third-order valence-corrected chi connectivity index (χ3v) is 6.01. The van der Waals surface area contributed by atoms with E-state index in [2.05, 4.69) is 0 Å². The second-order valence-electron chi connectivity index (χ2n) is 5.49. The SMILES string of the molecule is CC1CCCC(C)N1S(=O)(=O)c1ccc(C(F)(F)F)cc1. The number of alkyl halides is 3. The molecule has 0 aliphatic carbocycles. The fraction of sp³-hybridized carbons (Fsp3) is 0.571. The Morgan fingerprint density at radius 3 is 1.95 bits per heavy atom. The van der Waals surface area contributed by atoms with E-state index in [0.717, 1.165) is 43.5 Å². The van der Waals surface area contributed by atoms with Crippen LogP contribution in [-0.4, -0.2) is 24.8 Å². The Morgan fingerprint density at radius 1 is 1.05 bits per heavy atom. The van der Waals surface area contributed by atoms with Crippen LogP contribution in [0.4, 0.5) is 13.2 Å². The molecule has 3 nitrogen and oxygen atoms in total. The van der Waals surface area contributed by atoms with Gasteiger partial charge in [-0.25, -0.2) is 8.42 Å². The molecular formula is C14H18F3NO2S. The van der Waals surface area contributed by atoms with Crippen molar-refractivity contribution in [3.63, 3.8) is 0 Å². The van der Waals surface area contributed by atoms with Crippen molar-refractivity contribution in [3.8, 4) is 0 Å². The van der Waals surface area contributed by atoms with Gasteiger partial charge in [-0.3, -0.25) is 0 Å². The fourth-order valence-electron chi connectivity index (χ4n) is 2.81. The van der Waals surface area contributed by atoms with E-state index in [9.17, 15) is 21.6 Å². The molecule has 21 heavy (non-hydrogen) atoms. The molecule has 1 aromatic carbocycles. The lowest BCUT2D eigenvalue weighted by molar-refractivity contribution is -0.137. The second-order valence-corrected chi connectivity index (χ2v) is 7.33. The largest absolute Gasteiger partial charge is 0.416 e. The summed E-state index contributed by atoms with van der Waals surface area (Å²) < 4.78 is 64.2. The number of sulfonamides is 1. The summed E-state index contributed by atoms with van der Waals surface area (Å²) >= 11 is 0. The molecule has 7 heteroatoms. The van der Waals surface area contributed by atoms with Gasteiger partial charge in [0.1, 0.15) is 0 Å². The van der Waals surface area contributed by atoms with E-state index in [1.165, 1.54) is 4.31 Å². The molecule has 2 unspecified atom stereocenters. The molecule has 0 spiro atoms. The van der Waals surface area contributed by atoms with E-state index in [1.54, 1.807) is 0 Å². The highest BCUT2D eigenvalue weighted by atomic mass is 32.2. The zero-order valence-electron chi connectivity index (χ0n) is 11.9. The minimum atomic E-state index is -4.46. The van der Waals surface area contributed by atoms with Crippen LogP contribution in [0.3, 0.4) is 0 Å². The van der Waals surface area contributed by atoms with Gasteiger partial charge in [-0.15, -0.1) is 0 Å². The number of hydrogen-bond donors (Lipinski definition) is 0. The topological polar surface area (TPSA) is 37.4 Å². The minimum absolute atomic E-state index is 0.0869. The Labute approximate surface area is 122 Å². The first kappa shape index (κ1) is 16.3. The monoisotopic (exact) mass is 321 g/mol. The third-order valence-electron chi connectivity index (χ3n) is 3.87. The first-order valence-electron chi connectivity index (χ1n) is 6.85. The summed E-state index contributed by atoms with van der Waals surface area (Å²) in [5.74, 6) is 0. The second kappa shape index (κ2) is 5.61. The first-order chi connectivity index (χ1) is 9.64. The van der Waals surface area contributed by atoms with Crippen LogP contribution in [0, 0.1) is 0 Å². The maximum Gasteiger partial charge on any atom is 0.416 e.